The van der Waals surface area contributed by atoms with Gasteiger partial charge in [-0.3, -0.25) is 4.79 Å². The quantitative estimate of drug-likeness (QED) is 0.773. The summed E-state index contributed by atoms with van der Waals surface area (Å²) in [6, 6.07) is 5.43. The van der Waals surface area contributed by atoms with Crippen LogP contribution >= 0.6 is 0 Å². The van der Waals surface area contributed by atoms with Crippen molar-refractivity contribution in [3.05, 3.63) is 35.7 Å². The summed E-state index contributed by atoms with van der Waals surface area (Å²) in [6.45, 7) is 5.84. The first kappa shape index (κ1) is 15.1. The van der Waals surface area contributed by atoms with Gasteiger partial charge in [0, 0.05) is 25.3 Å². The number of rotatable bonds is 7. The minimum absolute atomic E-state index is 0.0853. The second-order valence-corrected chi connectivity index (χ2v) is 4.56. The second-order valence-electron chi connectivity index (χ2n) is 4.56. The molecule has 0 aliphatic rings. The zero-order valence-corrected chi connectivity index (χ0v) is 12.2. The summed E-state index contributed by atoms with van der Waals surface area (Å²) >= 11 is 0. The number of hydrogen-bond donors (Lipinski definition) is 1. The maximum absolute atomic E-state index is 12.0. The highest BCUT2D eigenvalue weighted by Gasteiger charge is 2.08. The van der Waals surface area contributed by atoms with Gasteiger partial charge in [-0.25, -0.2) is 4.68 Å². The van der Waals surface area contributed by atoms with Crippen molar-refractivity contribution >= 4 is 5.91 Å². The van der Waals surface area contributed by atoms with Gasteiger partial charge in [-0.05, 0) is 54.5 Å². The smallest absolute Gasteiger partial charge is 0.251 e. The summed E-state index contributed by atoms with van der Waals surface area (Å²) in [5.41, 5.74) is 2.41. The lowest BCUT2D eigenvalue weighted by molar-refractivity contribution is 0.0944. The molecule has 0 saturated carbocycles. The van der Waals surface area contributed by atoms with E-state index < -0.39 is 0 Å². The molecule has 0 saturated heterocycles. The standard InChI is InChI=1S/C14H19N5O2/c1-3-21-8-4-7-15-14(20)12-5-6-13(11(2)9-12)19-10-16-17-18-19/h5-6,9-10H,3-4,7-8H2,1-2H3,(H,15,20). The van der Waals surface area contributed by atoms with E-state index in [-0.39, 0.29) is 5.91 Å². The predicted molar refractivity (Wildman–Crippen MR) is 77.3 cm³/mol. The van der Waals surface area contributed by atoms with E-state index in [0.717, 1.165) is 17.7 Å². The Bertz CT molecular complexity index is 583. The van der Waals surface area contributed by atoms with Gasteiger partial charge in [0.1, 0.15) is 6.33 Å². The molecule has 0 aliphatic carbocycles. The van der Waals surface area contributed by atoms with Gasteiger partial charge in [-0.15, -0.1) is 5.10 Å². The van der Waals surface area contributed by atoms with Crippen LogP contribution in [0.4, 0.5) is 0 Å². The van der Waals surface area contributed by atoms with E-state index in [0.29, 0.717) is 25.3 Å². The molecule has 1 amide bonds. The molecular weight excluding hydrogens is 270 g/mol. The van der Waals surface area contributed by atoms with E-state index in [9.17, 15) is 4.79 Å². The number of ether oxygens (including phenoxy) is 1. The van der Waals surface area contributed by atoms with Gasteiger partial charge in [0.15, 0.2) is 0 Å². The molecule has 2 rings (SSSR count). The summed E-state index contributed by atoms with van der Waals surface area (Å²) < 4.78 is 6.79. The molecule has 7 heteroatoms. The number of hydrogen-bond acceptors (Lipinski definition) is 5. The number of carbonyl (C=O) groups is 1. The Morgan fingerprint density at radius 2 is 2.29 bits per heavy atom. The molecular formula is C14H19N5O2. The molecule has 2 aromatic rings. The largest absolute Gasteiger partial charge is 0.382 e. The van der Waals surface area contributed by atoms with Gasteiger partial charge in [0.2, 0.25) is 0 Å². The lowest BCUT2D eigenvalue weighted by Gasteiger charge is -2.08. The molecule has 0 bridgehead atoms. The van der Waals surface area contributed by atoms with Crippen LogP contribution < -0.4 is 5.32 Å². The van der Waals surface area contributed by atoms with E-state index >= 15 is 0 Å². The first-order chi connectivity index (χ1) is 10.2. The Morgan fingerprint density at radius 1 is 1.43 bits per heavy atom. The van der Waals surface area contributed by atoms with E-state index in [1.807, 2.05) is 26.0 Å². The summed E-state index contributed by atoms with van der Waals surface area (Å²) in [6.07, 6.45) is 2.33. The number of nitrogens with one attached hydrogen (secondary N) is 1. The van der Waals surface area contributed by atoms with Gasteiger partial charge >= 0.3 is 0 Å². The van der Waals surface area contributed by atoms with Crippen LogP contribution in [0, 0.1) is 6.92 Å². The van der Waals surface area contributed by atoms with Gasteiger partial charge < -0.3 is 10.1 Å². The van der Waals surface area contributed by atoms with Crippen molar-refractivity contribution in [1.29, 1.82) is 0 Å². The Labute approximate surface area is 123 Å². The molecule has 1 aromatic heterocycles. The fourth-order valence-electron chi connectivity index (χ4n) is 1.95. The van der Waals surface area contributed by atoms with Gasteiger partial charge in [-0.2, -0.15) is 0 Å². The molecule has 1 N–H and O–H groups in total. The highest BCUT2D eigenvalue weighted by molar-refractivity contribution is 5.94. The van der Waals surface area contributed by atoms with Crippen molar-refractivity contribution in [3.8, 4) is 5.69 Å². The second kappa shape index (κ2) is 7.49. The van der Waals surface area contributed by atoms with Crippen molar-refractivity contribution in [2.24, 2.45) is 0 Å². The van der Waals surface area contributed by atoms with Crippen molar-refractivity contribution in [2.45, 2.75) is 20.3 Å². The maximum Gasteiger partial charge on any atom is 0.251 e. The maximum atomic E-state index is 12.0. The van der Waals surface area contributed by atoms with Crippen molar-refractivity contribution in [3.63, 3.8) is 0 Å². The number of nitrogens with zero attached hydrogens (tertiary/aromatic N) is 4. The topological polar surface area (TPSA) is 81.9 Å². The van der Waals surface area contributed by atoms with Crippen molar-refractivity contribution < 1.29 is 9.53 Å². The molecule has 0 spiro atoms. The van der Waals surface area contributed by atoms with E-state index in [1.165, 1.54) is 6.33 Å². The average molecular weight is 289 g/mol. The first-order valence-electron chi connectivity index (χ1n) is 6.92. The van der Waals surface area contributed by atoms with Crippen LogP contribution in [-0.4, -0.2) is 45.9 Å². The van der Waals surface area contributed by atoms with Crippen LogP contribution in [0.3, 0.4) is 0 Å². The summed E-state index contributed by atoms with van der Waals surface area (Å²) in [5.74, 6) is -0.0853. The lowest BCUT2D eigenvalue weighted by atomic mass is 10.1. The fraction of sp³-hybridized carbons (Fsp3) is 0.429. The molecule has 112 valence electrons. The number of amides is 1. The van der Waals surface area contributed by atoms with Crippen molar-refractivity contribution in [1.82, 2.24) is 25.5 Å². The molecule has 21 heavy (non-hydrogen) atoms. The van der Waals surface area contributed by atoms with Crippen LogP contribution in [0.15, 0.2) is 24.5 Å². The third kappa shape index (κ3) is 4.09. The third-order valence-corrected chi connectivity index (χ3v) is 3.01. The summed E-state index contributed by atoms with van der Waals surface area (Å²) in [5, 5.41) is 13.9. The third-order valence-electron chi connectivity index (χ3n) is 3.01. The van der Waals surface area contributed by atoms with Crippen molar-refractivity contribution in [2.75, 3.05) is 19.8 Å². The normalized spacial score (nSPS) is 10.6. The molecule has 1 aromatic carbocycles. The number of aromatic nitrogens is 4. The zero-order valence-electron chi connectivity index (χ0n) is 12.2. The van der Waals surface area contributed by atoms with Crippen LogP contribution in [0.25, 0.3) is 5.69 Å². The number of aryl methyl sites for hydroxylation is 1. The Hall–Kier alpha value is -2.28. The van der Waals surface area contributed by atoms with Crippen LogP contribution in [0.5, 0.6) is 0 Å². The highest BCUT2D eigenvalue weighted by atomic mass is 16.5. The number of tetrazole rings is 1. The van der Waals surface area contributed by atoms with Gasteiger partial charge in [0.05, 0.1) is 5.69 Å². The monoisotopic (exact) mass is 289 g/mol. The van der Waals surface area contributed by atoms with Crippen LogP contribution in [-0.2, 0) is 4.74 Å². The van der Waals surface area contributed by atoms with E-state index in [4.69, 9.17) is 4.74 Å². The lowest BCUT2D eigenvalue weighted by Crippen LogP contribution is -2.25. The van der Waals surface area contributed by atoms with Crippen LogP contribution in [0.2, 0.25) is 0 Å². The highest BCUT2D eigenvalue weighted by Crippen LogP contribution is 2.14. The van der Waals surface area contributed by atoms with Gasteiger partial charge in [-0.1, -0.05) is 0 Å². The van der Waals surface area contributed by atoms with Crippen LogP contribution in [0.1, 0.15) is 29.3 Å². The fourth-order valence-corrected chi connectivity index (χ4v) is 1.95. The Balaban J connectivity index is 1.95. The Kier molecular flexibility index (Phi) is 5.39. The molecule has 0 radical (unpaired) electrons. The summed E-state index contributed by atoms with van der Waals surface area (Å²) in [7, 11) is 0. The minimum Gasteiger partial charge on any atom is -0.382 e. The number of carbonyl (C=O) groups excluding carboxylic acids is 1. The van der Waals surface area contributed by atoms with Gasteiger partial charge in [0.25, 0.3) is 5.91 Å². The first-order valence-corrected chi connectivity index (χ1v) is 6.92. The SMILES string of the molecule is CCOCCCNC(=O)c1ccc(-n2cnnn2)c(C)c1. The minimum atomic E-state index is -0.0853. The molecule has 7 nitrogen and oxygen atoms in total. The summed E-state index contributed by atoms with van der Waals surface area (Å²) in [4.78, 5) is 12.0. The number of benzene rings is 1. The van der Waals surface area contributed by atoms with E-state index in [2.05, 4.69) is 20.8 Å². The molecule has 1 heterocycles. The van der Waals surface area contributed by atoms with E-state index in [1.54, 1.807) is 10.7 Å². The molecule has 0 aliphatic heterocycles. The molecule has 0 unspecified atom stereocenters. The molecule has 0 atom stereocenters. The average Bonchev–Trinajstić information content (AvgIpc) is 3.00. The predicted octanol–water partition coefficient (Wildman–Crippen LogP) is 1.13. The zero-order chi connectivity index (χ0) is 15.1. The Morgan fingerprint density at radius 3 is 2.95 bits per heavy atom. The molecule has 0 fully saturated rings.